The molecule has 12 rings (SSSR count). The standard InChI is InChI=1S/C35H54Si.C35H59Si.C2H6.CH4.3CH3.4ClH.3Zr/c1-5-23-36(3,4)33-24-32(28-19-11-12-20-29(28)33)35(2,25-15-7-6-8-16-25)34-30-21-13-9-17-26(30)27-18-10-14-22-31(27)34;1-3-4-5-6-7-16-25-36(2,34-30-21-12-8-17-26(30)27-18-9-13-22-31(27)34)35-32-23-14-10-19-28(32)29-20-11-15-24-33(29)35;1-2;;;;;;;;;;;/h5-8,15-16,26-34H,1,9-14,17-24H2,2-4H3;3,8,26-35H,1,4-7,9-25H2,2H3;1-2H3;1H4;3*1H3;4*1H;;;/q;-1;;;3*-1;;;;;;2*+4/p-4. The van der Waals surface area contributed by atoms with Crippen molar-refractivity contribution in [2.45, 2.75) is 294 Å². The summed E-state index contributed by atoms with van der Waals surface area (Å²) in [6, 6.07) is 15.2. The molecular weight excluding hydrogens is 1380 g/mol. The van der Waals surface area contributed by atoms with E-state index in [1.165, 1.54) is 126 Å². The Morgan fingerprint density at radius 1 is 0.518 bits per heavy atom. The van der Waals surface area contributed by atoms with Gasteiger partial charge >= 0.3 is 75.7 Å². The predicted molar refractivity (Wildman–Crippen MR) is 377 cm³/mol. The van der Waals surface area contributed by atoms with Gasteiger partial charge in [0.25, 0.3) is 0 Å². The van der Waals surface area contributed by atoms with Gasteiger partial charge in [0.2, 0.25) is 0 Å². The number of benzene rings is 1. The molecule has 0 radical (unpaired) electrons. The van der Waals surface area contributed by atoms with Crippen molar-refractivity contribution in [2.75, 3.05) is 0 Å². The van der Waals surface area contributed by atoms with Crippen LogP contribution < -0.4 is 0 Å². The number of hydrogen-bond acceptors (Lipinski definition) is 0. The van der Waals surface area contributed by atoms with Crippen molar-refractivity contribution >= 4 is 50.2 Å². The van der Waals surface area contributed by atoms with E-state index in [0.717, 1.165) is 100 Å². The molecule has 0 aliphatic heterocycles. The maximum absolute atomic E-state index is 4.93. The van der Waals surface area contributed by atoms with E-state index in [2.05, 4.69) is 88.6 Å². The summed E-state index contributed by atoms with van der Waals surface area (Å²) in [5.74, 6) is 16.9. The Kier molecular flexibility index (Phi) is 39.1. The van der Waals surface area contributed by atoms with Crippen molar-refractivity contribution < 1.29 is 67.9 Å². The number of halogens is 4. The minimum absolute atomic E-state index is 0. The Morgan fingerprint density at radius 3 is 1.34 bits per heavy atom. The van der Waals surface area contributed by atoms with Gasteiger partial charge in [0.05, 0.1) is 16.1 Å². The predicted octanol–water partition coefficient (Wildman–Crippen LogP) is 27.1. The molecule has 11 aliphatic carbocycles. The molecule has 0 spiro atoms. The smallest absolute Gasteiger partial charge is 0 e. The minimum Gasteiger partial charge on any atom is 0 e. The van der Waals surface area contributed by atoms with Crippen molar-refractivity contribution in [1.29, 1.82) is 0 Å². The third-order valence-corrected chi connectivity index (χ3v) is 37.0. The number of rotatable bonds is 15. The molecule has 85 heavy (non-hydrogen) atoms. The topological polar surface area (TPSA) is 0 Å². The van der Waals surface area contributed by atoms with Crippen LogP contribution in [0.5, 0.6) is 0 Å². The average Bonchev–Trinajstić information content (AvgIpc) is 1.67. The second kappa shape index (κ2) is 40.5. The Hall–Kier alpha value is 2.94. The first-order chi connectivity index (χ1) is 39.0. The van der Waals surface area contributed by atoms with Crippen LogP contribution in [-0.2, 0) is 73.3 Å². The van der Waals surface area contributed by atoms with Gasteiger partial charge in [0.1, 0.15) is 0 Å². The molecule has 1 aromatic carbocycles. The van der Waals surface area contributed by atoms with E-state index in [0.29, 0.717) is 5.41 Å². The average molecular weight is 1520 g/mol. The Labute approximate surface area is 589 Å². The summed E-state index contributed by atoms with van der Waals surface area (Å²) in [6.07, 6.45) is 57.7. The molecule has 0 N–H and O–H groups in total. The molecule has 0 aromatic heterocycles. The van der Waals surface area contributed by atoms with E-state index in [4.69, 9.17) is 34.1 Å². The van der Waals surface area contributed by atoms with E-state index in [-0.39, 0.29) is 55.9 Å². The van der Waals surface area contributed by atoms with Crippen LogP contribution in [0.4, 0.5) is 0 Å². The van der Waals surface area contributed by atoms with Crippen LogP contribution in [0.2, 0.25) is 48.4 Å². The first kappa shape index (κ1) is 82.2. The Balaban J connectivity index is 0.000000377. The van der Waals surface area contributed by atoms with E-state index >= 15 is 0 Å². The molecular formula is C76H132Cl4Si2Zr3. The number of allylic oxidation sites excluding steroid dienone is 2. The SMILES string of the molecule is C.C=CCCCCCC[Si](C)(C1C2CC[CH-]CC2C2CCCCC21)C1C2CCCCC2C2CCCCC21.C=CC[Si](C)(C)C1CC(C(C)(c2ccccc2)C2C3CCCCC3C3CCCCC32)C2CCCCC21.CC.[CH3-].[CH3-].[CH3-].[Cl][Zr+2][Cl].[Cl][Zr+2][Cl].[Zr]. The van der Waals surface area contributed by atoms with Crippen LogP contribution in [0.1, 0.15) is 246 Å². The van der Waals surface area contributed by atoms with Gasteiger partial charge in [0, 0.05) is 26.2 Å². The van der Waals surface area contributed by atoms with E-state index < -0.39 is 57.8 Å². The fourth-order valence-electron chi connectivity index (χ4n) is 24.7. The Bertz CT molecular complexity index is 1860. The summed E-state index contributed by atoms with van der Waals surface area (Å²) in [6.45, 7) is 23.6. The molecule has 0 saturated heterocycles. The molecule has 9 heteroatoms. The molecule has 0 amide bonds. The Morgan fingerprint density at radius 2 is 0.894 bits per heavy atom. The molecule has 11 aliphatic rings. The van der Waals surface area contributed by atoms with E-state index in [9.17, 15) is 0 Å². The first-order valence-corrected chi connectivity index (χ1v) is 53.9. The summed E-state index contributed by atoms with van der Waals surface area (Å²) < 4.78 is 0. The fourth-order valence-corrected chi connectivity index (χ4v) is 35.9. The number of unbranched alkanes of at least 4 members (excludes halogenated alkanes) is 4. The molecule has 0 heterocycles. The van der Waals surface area contributed by atoms with Crippen LogP contribution in [0.15, 0.2) is 55.6 Å². The molecule has 11 fully saturated rings. The molecule has 11 saturated carbocycles. The zero-order valence-electron chi connectivity index (χ0n) is 55.8. The minimum atomic E-state index is -1.42. The normalized spacial score (nSPS) is 37.5. The molecule has 0 nitrogen and oxygen atoms in total. The van der Waals surface area contributed by atoms with Crippen molar-refractivity contribution in [1.82, 2.24) is 0 Å². The summed E-state index contributed by atoms with van der Waals surface area (Å²) >= 11 is -1.65. The van der Waals surface area contributed by atoms with E-state index in [1.807, 2.05) is 13.8 Å². The van der Waals surface area contributed by atoms with Gasteiger partial charge in [-0.2, -0.15) is 12.8 Å². The second-order valence-corrected chi connectivity index (χ2v) is 47.6. The summed E-state index contributed by atoms with van der Waals surface area (Å²) in [7, 11) is 17.0. The maximum Gasteiger partial charge on any atom is 0 e. The van der Waals surface area contributed by atoms with Gasteiger partial charge in [-0.15, -0.1) is 13.2 Å². The van der Waals surface area contributed by atoms with E-state index in [1.54, 1.807) is 114 Å². The van der Waals surface area contributed by atoms with Gasteiger partial charge < -0.3 is 28.7 Å². The maximum atomic E-state index is 4.93. The number of fused-ring (bicyclic) bond motifs is 10. The molecule has 19 atom stereocenters. The van der Waals surface area contributed by atoms with Crippen molar-refractivity contribution in [3.8, 4) is 0 Å². The summed E-state index contributed by atoms with van der Waals surface area (Å²) in [4.78, 5) is 0. The quantitative estimate of drug-likeness (QED) is 0.0711. The molecule has 484 valence electrons. The van der Waals surface area contributed by atoms with Crippen LogP contribution in [0, 0.1) is 123 Å². The first-order valence-electron chi connectivity index (χ1n) is 35.0. The van der Waals surface area contributed by atoms with Gasteiger partial charge in [-0.3, -0.25) is 0 Å². The van der Waals surface area contributed by atoms with Crippen LogP contribution in [0.25, 0.3) is 0 Å². The fraction of sp³-hybridized carbons (Fsp3) is 0.816. The van der Waals surface area contributed by atoms with Gasteiger partial charge in [-0.1, -0.05) is 237 Å². The van der Waals surface area contributed by atoms with Gasteiger partial charge in [0.15, 0.2) is 0 Å². The third-order valence-electron chi connectivity index (χ3n) is 26.8. The van der Waals surface area contributed by atoms with Crippen molar-refractivity contribution in [3.05, 3.63) is 89.9 Å². The van der Waals surface area contributed by atoms with Crippen LogP contribution >= 0.6 is 34.1 Å². The summed E-state index contributed by atoms with van der Waals surface area (Å²) in [5, 5.41) is 0. The monoisotopic (exact) mass is 1510 g/mol. The second-order valence-electron chi connectivity index (χ2n) is 30.1. The zero-order chi connectivity index (χ0) is 56.9. The van der Waals surface area contributed by atoms with Crippen molar-refractivity contribution in [3.63, 3.8) is 0 Å². The molecule has 19 unspecified atom stereocenters. The van der Waals surface area contributed by atoms with Crippen molar-refractivity contribution in [2.24, 2.45) is 94.7 Å². The van der Waals surface area contributed by atoms with Gasteiger partial charge in [-0.05, 0) is 187 Å². The largest absolute Gasteiger partial charge is 0 e. The summed E-state index contributed by atoms with van der Waals surface area (Å²) in [5.41, 5.74) is 5.48. The van der Waals surface area contributed by atoms with Crippen LogP contribution in [0.3, 0.4) is 0 Å². The number of hydrogen-bond donors (Lipinski definition) is 0. The van der Waals surface area contributed by atoms with Crippen LogP contribution in [-0.4, -0.2) is 16.1 Å². The van der Waals surface area contributed by atoms with Gasteiger partial charge in [-0.25, -0.2) is 0 Å². The third kappa shape index (κ3) is 18.3. The zero-order valence-corrected chi connectivity index (χ0v) is 68.2. The molecule has 1 aromatic rings. The molecule has 0 bridgehead atoms.